The van der Waals surface area contributed by atoms with E-state index < -0.39 is 5.91 Å². The van der Waals surface area contributed by atoms with E-state index in [-0.39, 0.29) is 12.4 Å². The molecule has 0 bridgehead atoms. The summed E-state index contributed by atoms with van der Waals surface area (Å²) in [6, 6.07) is 12.8. The maximum absolute atomic E-state index is 11.8. The minimum Gasteiger partial charge on any atom is -0.504 e. The van der Waals surface area contributed by atoms with Crippen LogP contribution < -0.4 is 14.9 Å². The number of ether oxygens (including phenoxy) is 2. The van der Waals surface area contributed by atoms with Gasteiger partial charge >= 0.3 is 0 Å². The predicted molar refractivity (Wildman–Crippen MR) is 106 cm³/mol. The molecule has 0 aromatic heterocycles. The van der Waals surface area contributed by atoms with E-state index >= 15 is 0 Å². The number of hydrogen-bond donors (Lipinski definition) is 2. The molecule has 0 heterocycles. The van der Waals surface area contributed by atoms with Crippen molar-refractivity contribution in [1.29, 1.82) is 0 Å². The number of carbonyl (C=O) groups excluding carboxylic acids is 1. The van der Waals surface area contributed by atoms with Crippen molar-refractivity contribution in [3.8, 4) is 17.2 Å². The number of benzene rings is 2. The van der Waals surface area contributed by atoms with Crippen molar-refractivity contribution in [3.63, 3.8) is 0 Å². The number of nitrogens with zero attached hydrogens (tertiary/aromatic N) is 1. The first kappa shape index (κ1) is 20.3. The van der Waals surface area contributed by atoms with Gasteiger partial charge in [-0.2, -0.15) is 5.10 Å². The van der Waals surface area contributed by atoms with Crippen LogP contribution in [0.15, 0.2) is 47.6 Å². The van der Waals surface area contributed by atoms with Crippen LogP contribution >= 0.6 is 0 Å². The molecule has 6 nitrogen and oxygen atoms in total. The van der Waals surface area contributed by atoms with E-state index in [2.05, 4.69) is 24.4 Å². The molecule has 1 unspecified atom stereocenters. The van der Waals surface area contributed by atoms with Crippen molar-refractivity contribution in [2.24, 2.45) is 5.10 Å². The zero-order valence-corrected chi connectivity index (χ0v) is 15.9. The third-order valence-corrected chi connectivity index (χ3v) is 4.15. The maximum atomic E-state index is 11.8. The summed E-state index contributed by atoms with van der Waals surface area (Å²) in [7, 11) is 0. The summed E-state index contributed by atoms with van der Waals surface area (Å²) >= 11 is 0. The number of carbonyl (C=O) groups is 1. The average Bonchev–Trinajstić information content (AvgIpc) is 2.69. The Kier molecular flexibility index (Phi) is 7.67. The van der Waals surface area contributed by atoms with Crippen molar-refractivity contribution in [3.05, 3.63) is 53.6 Å². The summed E-state index contributed by atoms with van der Waals surface area (Å²) in [4.78, 5) is 11.8. The van der Waals surface area contributed by atoms with Gasteiger partial charge in [0.1, 0.15) is 5.75 Å². The number of hydrazone groups is 1. The molecular formula is C21H26N2O4. The molecule has 0 aliphatic heterocycles. The molecular weight excluding hydrogens is 344 g/mol. The molecule has 0 radical (unpaired) electrons. The van der Waals surface area contributed by atoms with Crippen LogP contribution in [-0.4, -0.2) is 30.4 Å². The standard InChI is InChI=1S/C21H26N2O4/c1-4-15(3)16-9-11-18(12-10-16)27-14-20(24)23-22-13-17-7-6-8-19(21(17)25)26-5-2/h6-13,15,25H,4-5,14H2,1-3H3,(H,23,24)/b22-13+. The average molecular weight is 370 g/mol. The van der Waals surface area contributed by atoms with E-state index in [1.165, 1.54) is 11.8 Å². The topological polar surface area (TPSA) is 80.2 Å². The Morgan fingerprint density at radius 3 is 2.59 bits per heavy atom. The molecule has 0 saturated carbocycles. The SMILES string of the molecule is CCOc1cccc(/C=N/NC(=O)COc2ccc(C(C)CC)cc2)c1O. The van der Waals surface area contributed by atoms with Crippen LogP contribution in [0.5, 0.6) is 17.2 Å². The smallest absolute Gasteiger partial charge is 0.277 e. The van der Waals surface area contributed by atoms with E-state index in [0.717, 1.165) is 6.42 Å². The number of phenols is 1. The van der Waals surface area contributed by atoms with Gasteiger partial charge in [0.25, 0.3) is 5.91 Å². The van der Waals surface area contributed by atoms with Gasteiger partial charge < -0.3 is 14.6 Å². The molecule has 2 rings (SSSR count). The molecule has 0 aliphatic rings. The maximum Gasteiger partial charge on any atom is 0.277 e. The Balaban J connectivity index is 1.84. The fraction of sp³-hybridized carbons (Fsp3) is 0.333. The summed E-state index contributed by atoms with van der Waals surface area (Å²) in [5, 5.41) is 13.9. The van der Waals surface area contributed by atoms with Gasteiger partial charge in [0.2, 0.25) is 0 Å². The van der Waals surface area contributed by atoms with Crippen LogP contribution in [0.25, 0.3) is 0 Å². The van der Waals surface area contributed by atoms with Crippen LogP contribution in [0.4, 0.5) is 0 Å². The van der Waals surface area contributed by atoms with Crippen molar-refractivity contribution >= 4 is 12.1 Å². The lowest BCUT2D eigenvalue weighted by Gasteiger charge is -2.10. The highest BCUT2D eigenvalue weighted by molar-refractivity contribution is 5.86. The third-order valence-electron chi connectivity index (χ3n) is 4.15. The highest BCUT2D eigenvalue weighted by atomic mass is 16.5. The number of aromatic hydroxyl groups is 1. The Hall–Kier alpha value is -3.02. The first-order chi connectivity index (χ1) is 13.0. The Morgan fingerprint density at radius 2 is 1.93 bits per heavy atom. The van der Waals surface area contributed by atoms with Crippen molar-refractivity contribution in [2.75, 3.05) is 13.2 Å². The van der Waals surface area contributed by atoms with Crippen LogP contribution in [0.3, 0.4) is 0 Å². The molecule has 0 fully saturated rings. The zero-order chi connectivity index (χ0) is 19.6. The number of rotatable bonds is 9. The van der Waals surface area contributed by atoms with Gasteiger partial charge in [0.15, 0.2) is 18.1 Å². The highest BCUT2D eigenvalue weighted by Crippen LogP contribution is 2.28. The Morgan fingerprint density at radius 1 is 1.19 bits per heavy atom. The third kappa shape index (κ3) is 6.02. The van der Waals surface area contributed by atoms with Crippen LogP contribution in [0.2, 0.25) is 0 Å². The number of amides is 1. The largest absolute Gasteiger partial charge is 0.504 e. The molecule has 144 valence electrons. The number of para-hydroxylation sites is 1. The normalized spacial score (nSPS) is 12.0. The van der Waals surface area contributed by atoms with Crippen molar-refractivity contribution in [1.82, 2.24) is 5.43 Å². The van der Waals surface area contributed by atoms with Gasteiger partial charge in [0.05, 0.1) is 12.8 Å². The number of nitrogens with one attached hydrogen (secondary N) is 1. The molecule has 1 amide bonds. The number of phenolic OH excluding ortho intramolecular Hbond substituents is 1. The Labute approximate surface area is 159 Å². The molecule has 2 aromatic carbocycles. The lowest BCUT2D eigenvalue weighted by atomic mass is 9.99. The quantitative estimate of drug-likeness (QED) is 0.519. The molecule has 0 spiro atoms. The molecule has 2 N–H and O–H groups in total. The summed E-state index contributed by atoms with van der Waals surface area (Å²) in [5.41, 5.74) is 4.06. The number of hydrogen-bond acceptors (Lipinski definition) is 5. The van der Waals surface area contributed by atoms with E-state index in [0.29, 0.717) is 29.6 Å². The highest BCUT2D eigenvalue weighted by Gasteiger charge is 2.07. The fourth-order valence-electron chi connectivity index (χ4n) is 2.40. The lowest BCUT2D eigenvalue weighted by molar-refractivity contribution is -0.123. The van der Waals surface area contributed by atoms with E-state index in [4.69, 9.17) is 9.47 Å². The first-order valence-electron chi connectivity index (χ1n) is 9.04. The monoisotopic (exact) mass is 370 g/mol. The van der Waals surface area contributed by atoms with Gasteiger partial charge in [0, 0.05) is 5.56 Å². The lowest BCUT2D eigenvalue weighted by Crippen LogP contribution is -2.24. The second kappa shape index (κ2) is 10.2. The predicted octanol–water partition coefficient (Wildman–Crippen LogP) is 3.83. The van der Waals surface area contributed by atoms with Gasteiger partial charge in [-0.25, -0.2) is 5.43 Å². The van der Waals surface area contributed by atoms with Crippen molar-refractivity contribution < 1.29 is 19.4 Å². The summed E-state index contributed by atoms with van der Waals surface area (Å²) in [6.07, 6.45) is 2.43. The molecule has 2 aromatic rings. The summed E-state index contributed by atoms with van der Waals surface area (Å²) in [5.74, 6) is 1.09. The molecule has 1 atom stereocenters. The van der Waals surface area contributed by atoms with Crippen LogP contribution in [0.1, 0.15) is 44.2 Å². The molecule has 27 heavy (non-hydrogen) atoms. The van der Waals surface area contributed by atoms with E-state index in [9.17, 15) is 9.90 Å². The Bertz CT molecular complexity index is 772. The molecule has 0 saturated heterocycles. The second-order valence-electron chi connectivity index (χ2n) is 6.09. The van der Waals surface area contributed by atoms with Crippen molar-refractivity contribution in [2.45, 2.75) is 33.1 Å². The van der Waals surface area contributed by atoms with E-state index in [1.807, 2.05) is 31.2 Å². The minimum absolute atomic E-state index is 0.0185. The summed E-state index contributed by atoms with van der Waals surface area (Å²) < 4.78 is 10.8. The first-order valence-corrected chi connectivity index (χ1v) is 9.04. The van der Waals surface area contributed by atoms with Gasteiger partial charge in [-0.3, -0.25) is 4.79 Å². The summed E-state index contributed by atoms with van der Waals surface area (Å²) in [6.45, 7) is 6.44. The van der Waals surface area contributed by atoms with Gasteiger partial charge in [-0.1, -0.05) is 32.0 Å². The zero-order valence-electron chi connectivity index (χ0n) is 15.9. The van der Waals surface area contributed by atoms with Crippen LogP contribution in [0, 0.1) is 0 Å². The van der Waals surface area contributed by atoms with Crippen LogP contribution in [-0.2, 0) is 4.79 Å². The second-order valence-corrected chi connectivity index (χ2v) is 6.09. The van der Waals surface area contributed by atoms with E-state index in [1.54, 1.807) is 18.2 Å². The van der Waals surface area contributed by atoms with Gasteiger partial charge in [-0.15, -0.1) is 0 Å². The fourth-order valence-corrected chi connectivity index (χ4v) is 2.40. The van der Waals surface area contributed by atoms with Gasteiger partial charge in [-0.05, 0) is 49.1 Å². The molecule has 0 aliphatic carbocycles. The minimum atomic E-state index is -0.391. The molecule has 6 heteroatoms.